The van der Waals surface area contributed by atoms with Crippen molar-refractivity contribution in [2.45, 2.75) is 31.7 Å². The van der Waals surface area contributed by atoms with Crippen LogP contribution in [0.15, 0.2) is 12.1 Å². The molecule has 12 heavy (non-hydrogen) atoms. The monoisotopic (exact) mass is 159 g/mol. The van der Waals surface area contributed by atoms with Crippen LogP contribution in [0.4, 0.5) is 0 Å². The third-order valence-corrected chi connectivity index (χ3v) is 3.25. The number of rotatable bonds is 0. The normalized spacial score (nSPS) is 24.6. The quantitative estimate of drug-likeness (QED) is 0.613. The predicted molar refractivity (Wildman–Crippen MR) is 49.1 cm³/mol. The summed E-state index contributed by atoms with van der Waals surface area (Å²) in [6.07, 6.45) is 4.91. The molecular formula is C11H13N. The van der Waals surface area contributed by atoms with Crippen molar-refractivity contribution in [1.82, 2.24) is 0 Å². The summed E-state index contributed by atoms with van der Waals surface area (Å²) in [5.74, 6) is 0. The van der Waals surface area contributed by atoms with Gasteiger partial charge < -0.3 is 5.73 Å². The van der Waals surface area contributed by atoms with E-state index in [1.165, 1.54) is 30.4 Å². The van der Waals surface area contributed by atoms with Gasteiger partial charge in [-0.1, -0.05) is 12.1 Å². The van der Waals surface area contributed by atoms with Crippen LogP contribution < -0.4 is 5.73 Å². The molecule has 0 radical (unpaired) electrons. The van der Waals surface area contributed by atoms with Gasteiger partial charge in [-0.3, -0.25) is 0 Å². The molecule has 0 fully saturated rings. The molecule has 1 aromatic carbocycles. The number of hydrogen-bond donors (Lipinski definition) is 1. The molecule has 0 bridgehead atoms. The van der Waals surface area contributed by atoms with Crippen molar-refractivity contribution < 1.29 is 0 Å². The number of hydrogen-bond acceptors (Lipinski definition) is 1. The topological polar surface area (TPSA) is 26.0 Å². The summed E-state index contributed by atoms with van der Waals surface area (Å²) in [5.41, 5.74) is 12.0. The highest BCUT2D eigenvalue weighted by Gasteiger charge is 2.23. The number of aryl methyl sites for hydroxylation is 3. The van der Waals surface area contributed by atoms with Crippen molar-refractivity contribution in [1.29, 1.82) is 0 Å². The van der Waals surface area contributed by atoms with Gasteiger partial charge in [0.05, 0.1) is 0 Å². The van der Waals surface area contributed by atoms with Crippen LogP contribution in [0.5, 0.6) is 0 Å². The van der Waals surface area contributed by atoms with E-state index in [2.05, 4.69) is 12.1 Å². The highest BCUT2D eigenvalue weighted by molar-refractivity contribution is 5.46. The van der Waals surface area contributed by atoms with Crippen LogP contribution in [-0.4, -0.2) is 0 Å². The minimum Gasteiger partial charge on any atom is -0.324 e. The van der Waals surface area contributed by atoms with E-state index in [1.54, 1.807) is 11.1 Å². The molecule has 0 aliphatic heterocycles. The van der Waals surface area contributed by atoms with Crippen molar-refractivity contribution in [3.63, 3.8) is 0 Å². The average Bonchev–Trinajstić information content (AvgIpc) is 2.37. The van der Waals surface area contributed by atoms with E-state index in [-0.39, 0.29) is 0 Å². The lowest BCUT2D eigenvalue weighted by molar-refractivity contribution is 0.711. The lowest BCUT2D eigenvalue weighted by Crippen LogP contribution is -2.12. The Hall–Kier alpha value is -0.820. The summed E-state index contributed by atoms with van der Waals surface area (Å²) in [4.78, 5) is 0. The molecule has 2 aliphatic carbocycles. The van der Waals surface area contributed by atoms with Gasteiger partial charge in [0.25, 0.3) is 0 Å². The van der Waals surface area contributed by atoms with Crippen molar-refractivity contribution in [2.24, 2.45) is 5.73 Å². The highest BCUT2D eigenvalue weighted by atomic mass is 14.6. The molecule has 0 spiro atoms. The van der Waals surface area contributed by atoms with E-state index in [4.69, 9.17) is 5.73 Å². The molecule has 1 heteroatoms. The molecule has 1 atom stereocenters. The Morgan fingerprint density at radius 2 is 1.75 bits per heavy atom. The molecule has 0 saturated carbocycles. The Labute approximate surface area is 72.6 Å². The first-order valence-corrected chi connectivity index (χ1v) is 4.75. The lowest BCUT2D eigenvalue weighted by atomic mass is 9.85. The van der Waals surface area contributed by atoms with Crippen LogP contribution in [-0.2, 0) is 19.3 Å². The third-order valence-electron chi connectivity index (χ3n) is 3.25. The van der Waals surface area contributed by atoms with Gasteiger partial charge in [-0.25, -0.2) is 0 Å². The molecule has 0 unspecified atom stereocenters. The highest BCUT2D eigenvalue weighted by Crippen LogP contribution is 2.35. The summed E-state index contributed by atoms with van der Waals surface area (Å²) in [6.45, 7) is 0. The Kier molecular flexibility index (Phi) is 1.17. The van der Waals surface area contributed by atoms with Gasteiger partial charge in [0, 0.05) is 6.04 Å². The maximum atomic E-state index is 5.99. The van der Waals surface area contributed by atoms with Crippen molar-refractivity contribution in [2.75, 3.05) is 0 Å². The zero-order valence-corrected chi connectivity index (χ0v) is 7.14. The first-order valence-electron chi connectivity index (χ1n) is 4.75. The van der Waals surface area contributed by atoms with E-state index in [1.807, 2.05) is 0 Å². The molecule has 0 saturated heterocycles. The van der Waals surface area contributed by atoms with E-state index in [9.17, 15) is 0 Å². The smallest absolute Gasteiger partial charge is 0.0300 e. The Morgan fingerprint density at radius 3 is 2.50 bits per heavy atom. The van der Waals surface area contributed by atoms with Crippen molar-refractivity contribution in [3.05, 3.63) is 34.4 Å². The van der Waals surface area contributed by atoms with Crippen LogP contribution in [0.25, 0.3) is 0 Å². The maximum Gasteiger partial charge on any atom is 0.0300 e. The van der Waals surface area contributed by atoms with Gasteiger partial charge in [-0.15, -0.1) is 0 Å². The molecule has 0 heterocycles. The minimum absolute atomic E-state index is 0.325. The minimum atomic E-state index is 0.325. The fourth-order valence-corrected chi connectivity index (χ4v) is 2.35. The molecule has 2 aliphatic rings. The first kappa shape index (κ1) is 6.67. The van der Waals surface area contributed by atoms with Gasteiger partial charge in [0.2, 0.25) is 0 Å². The van der Waals surface area contributed by atoms with E-state index in [0.717, 1.165) is 6.42 Å². The molecule has 1 aromatic rings. The molecule has 1 nitrogen and oxygen atoms in total. The Balaban J connectivity index is 2.19. The largest absolute Gasteiger partial charge is 0.324 e. The van der Waals surface area contributed by atoms with E-state index >= 15 is 0 Å². The molecule has 0 amide bonds. The van der Waals surface area contributed by atoms with Crippen LogP contribution in [0.1, 0.15) is 34.7 Å². The van der Waals surface area contributed by atoms with E-state index in [0.29, 0.717) is 6.04 Å². The Morgan fingerprint density at radius 1 is 1.00 bits per heavy atom. The van der Waals surface area contributed by atoms with E-state index < -0.39 is 0 Å². The van der Waals surface area contributed by atoms with Gasteiger partial charge in [0.15, 0.2) is 0 Å². The van der Waals surface area contributed by atoms with Crippen LogP contribution in [0, 0.1) is 0 Å². The van der Waals surface area contributed by atoms with Crippen LogP contribution in [0.3, 0.4) is 0 Å². The molecule has 3 rings (SSSR count). The average molecular weight is 159 g/mol. The zero-order chi connectivity index (χ0) is 8.13. The second-order valence-corrected chi connectivity index (χ2v) is 3.96. The predicted octanol–water partition coefficient (Wildman–Crippen LogP) is 1.73. The summed E-state index contributed by atoms with van der Waals surface area (Å²) in [5, 5.41) is 0. The van der Waals surface area contributed by atoms with Gasteiger partial charge >= 0.3 is 0 Å². The second-order valence-electron chi connectivity index (χ2n) is 3.96. The molecule has 2 N–H and O–H groups in total. The van der Waals surface area contributed by atoms with Crippen LogP contribution in [0.2, 0.25) is 0 Å². The molecule has 0 aromatic heterocycles. The van der Waals surface area contributed by atoms with Crippen LogP contribution >= 0.6 is 0 Å². The standard InChI is InChI=1S/C11H13N/c12-11-4-3-9-5-7-1-2-8(7)6-10(9)11/h5-6,11H,1-4,12H2/t11-/m0/s1. The number of nitrogens with two attached hydrogens (primary N) is 1. The number of benzene rings is 1. The second kappa shape index (κ2) is 2.11. The van der Waals surface area contributed by atoms with Gasteiger partial charge in [-0.2, -0.15) is 0 Å². The fourth-order valence-electron chi connectivity index (χ4n) is 2.35. The summed E-state index contributed by atoms with van der Waals surface area (Å²) >= 11 is 0. The Bertz CT molecular complexity index is 341. The molecule has 62 valence electrons. The third kappa shape index (κ3) is 0.721. The number of fused-ring (bicyclic) bond motifs is 2. The van der Waals surface area contributed by atoms with Gasteiger partial charge in [0.1, 0.15) is 0 Å². The maximum absolute atomic E-state index is 5.99. The summed E-state index contributed by atoms with van der Waals surface area (Å²) < 4.78 is 0. The van der Waals surface area contributed by atoms with Gasteiger partial charge in [-0.05, 0) is 47.9 Å². The van der Waals surface area contributed by atoms with Crippen molar-refractivity contribution in [3.8, 4) is 0 Å². The lowest BCUT2D eigenvalue weighted by Gasteiger charge is -2.20. The summed E-state index contributed by atoms with van der Waals surface area (Å²) in [7, 11) is 0. The first-order chi connectivity index (χ1) is 5.84. The van der Waals surface area contributed by atoms with Crippen molar-refractivity contribution >= 4 is 0 Å². The summed E-state index contributed by atoms with van der Waals surface area (Å²) in [6, 6.07) is 5.04. The SMILES string of the molecule is N[C@H]1CCc2cc3c(cc21)CC3. The fraction of sp³-hybridized carbons (Fsp3) is 0.455. The zero-order valence-electron chi connectivity index (χ0n) is 7.14. The molecular weight excluding hydrogens is 146 g/mol.